The zero-order valence-corrected chi connectivity index (χ0v) is 15.4. The average molecular weight is 394 g/mol. The van der Waals surface area contributed by atoms with Gasteiger partial charge in [0.2, 0.25) is 0 Å². The molecule has 0 bridgehead atoms. The van der Waals surface area contributed by atoms with Gasteiger partial charge >= 0.3 is 6.36 Å². The summed E-state index contributed by atoms with van der Waals surface area (Å²) in [5.74, 6) is 0.255. The third-order valence-electron chi connectivity index (χ3n) is 4.56. The molecule has 0 saturated carbocycles. The predicted molar refractivity (Wildman–Crippen MR) is 97.3 cm³/mol. The maximum absolute atomic E-state index is 12.7. The number of amides is 1. The quantitative estimate of drug-likeness (QED) is 0.778. The Morgan fingerprint density at radius 2 is 1.64 bits per heavy atom. The van der Waals surface area contributed by atoms with Crippen molar-refractivity contribution in [1.29, 1.82) is 0 Å². The number of halogens is 3. The van der Waals surface area contributed by atoms with Crippen molar-refractivity contribution < 1.29 is 27.4 Å². The fourth-order valence-electron chi connectivity index (χ4n) is 3.16. The number of para-hydroxylation sites is 1. The van der Waals surface area contributed by atoms with Gasteiger partial charge in [0.25, 0.3) is 5.91 Å². The van der Waals surface area contributed by atoms with Crippen LogP contribution in [0.25, 0.3) is 0 Å². The second kappa shape index (κ2) is 8.52. The molecular weight excluding hydrogens is 373 g/mol. The van der Waals surface area contributed by atoms with Gasteiger partial charge in [-0.05, 0) is 29.8 Å². The third-order valence-corrected chi connectivity index (χ3v) is 4.56. The van der Waals surface area contributed by atoms with Crippen molar-refractivity contribution in [3.63, 3.8) is 0 Å². The number of nitrogens with zero attached hydrogens (tertiary/aromatic N) is 2. The summed E-state index contributed by atoms with van der Waals surface area (Å²) < 4.78 is 45.8. The Kier molecular flexibility index (Phi) is 6.08. The van der Waals surface area contributed by atoms with Gasteiger partial charge in [-0.15, -0.1) is 13.2 Å². The standard InChI is InChI=1S/C20H21F3N2O3/c1-27-18-5-3-2-4-17(18)19(26)25-12-10-24(11-13-25)14-15-6-8-16(9-7-15)28-20(21,22)23/h2-9H,10-14H2,1H3. The lowest BCUT2D eigenvalue weighted by molar-refractivity contribution is -0.274. The molecule has 8 heteroatoms. The van der Waals surface area contributed by atoms with E-state index in [2.05, 4.69) is 9.64 Å². The lowest BCUT2D eigenvalue weighted by Crippen LogP contribution is -2.48. The number of hydrogen-bond donors (Lipinski definition) is 0. The lowest BCUT2D eigenvalue weighted by Gasteiger charge is -2.35. The molecule has 28 heavy (non-hydrogen) atoms. The van der Waals surface area contributed by atoms with Gasteiger partial charge in [0.1, 0.15) is 11.5 Å². The van der Waals surface area contributed by atoms with E-state index < -0.39 is 6.36 Å². The fourth-order valence-corrected chi connectivity index (χ4v) is 3.16. The number of benzene rings is 2. The second-order valence-electron chi connectivity index (χ2n) is 6.46. The van der Waals surface area contributed by atoms with Crippen LogP contribution in [0.1, 0.15) is 15.9 Å². The number of carbonyl (C=O) groups excluding carboxylic acids is 1. The van der Waals surface area contributed by atoms with Crippen molar-refractivity contribution >= 4 is 5.91 Å². The van der Waals surface area contributed by atoms with Crippen LogP contribution in [0.4, 0.5) is 13.2 Å². The Hall–Kier alpha value is -2.74. The molecule has 150 valence electrons. The van der Waals surface area contributed by atoms with E-state index in [9.17, 15) is 18.0 Å². The SMILES string of the molecule is COc1ccccc1C(=O)N1CCN(Cc2ccc(OC(F)(F)F)cc2)CC1. The Labute approximate surface area is 161 Å². The van der Waals surface area contributed by atoms with Crippen LogP contribution in [0.3, 0.4) is 0 Å². The van der Waals surface area contributed by atoms with Gasteiger partial charge in [-0.3, -0.25) is 9.69 Å². The molecule has 2 aromatic carbocycles. The van der Waals surface area contributed by atoms with Crippen LogP contribution in [0.15, 0.2) is 48.5 Å². The zero-order valence-electron chi connectivity index (χ0n) is 15.4. The molecule has 2 aromatic rings. The van der Waals surface area contributed by atoms with Gasteiger partial charge in [0.15, 0.2) is 0 Å². The van der Waals surface area contributed by atoms with Crippen molar-refractivity contribution in [3.05, 3.63) is 59.7 Å². The summed E-state index contributed by atoms with van der Waals surface area (Å²) in [5, 5.41) is 0. The van der Waals surface area contributed by atoms with Gasteiger partial charge < -0.3 is 14.4 Å². The molecule has 0 N–H and O–H groups in total. The topological polar surface area (TPSA) is 42.0 Å². The number of alkyl halides is 3. The first kappa shape index (κ1) is 20.0. The molecular formula is C20H21F3N2O3. The van der Waals surface area contributed by atoms with E-state index in [1.54, 1.807) is 35.2 Å². The Morgan fingerprint density at radius 3 is 2.25 bits per heavy atom. The first-order valence-electron chi connectivity index (χ1n) is 8.85. The smallest absolute Gasteiger partial charge is 0.496 e. The highest BCUT2D eigenvalue weighted by atomic mass is 19.4. The molecule has 0 aromatic heterocycles. The fraction of sp³-hybridized carbons (Fsp3) is 0.350. The second-order valence-corrected chi connectivity index (χ2v) is 6.46. The summed E-state index contributed by atoms with van der Waals surface area (Å²) in [4.78, 5) is 16.7. The molecule has 0 radical (unpaired) electrons. The van der Waals surface area contributed by atoms with Gasteiger partial charge in [-0.2, -0.15) is 0 Å². The molecule has 0 unspecified atom stereocenters. The zero-order chi connectivity index (χ0) is 20.1. The van der Waals surface area contributed by atoms with Crippen LogP contribution in [0, 0.1) is 0 Å². The van der Waals surface area contributed by atoms with Gasteiger partial charge in [0.05, 0.1) is 12.7 Å². The number of piperazine rings is 1. The Morgan fingerprint density at radius 1 is 1.00 bits per heavy atom. The summed E-state index contributed by atoms with van der Waals surface area (Å²) in [5.41, 5.74) is 1.43. The van der Waals surface area contributed by atoms with E-state index >= 15 is 0 Å². The molecule has 0 atom stereocenters. The van der Waals surface area contributed by atoms with E-state index in [-0.39, 0.29) is 11.7 Å². The number of methoxy groups -OCH3 is 1. The van der Waals surface area contributed by atoms with Gasteiger partial charge in [-0.1, -0.05) is 24.3 Å². The van der Waals surface area contributed by atoms with Crippen molar-refractivity contribution in [2.75, 3.05) is 33.3 Å². The van der Waals surface area contributed by atoms with Crippen molar-refractivity contribution in [2.24, 2.45) is 0 Å². The van der Waals surface area contributed by atoms with Crippen LogP contribution in [-0.2, 0) is 6.54 Å². The Bertz CT molecular complexity index is 801. The Balaban J connectivity index is 1.53. The number of carbonyl (C=O) groups is 1. The first-order valence-corrected chi connectivity index (χ1v) is 8.85. The maximum Gasteiger partial charge on any atom is 0.573 e. The molecule has 1 fully saturated rings. The normalized spacial score (nSPS) is 15.4. The van der Waals surface area contributed by atoms with E-state index in [4.69, 9.17) is 4.74 Å². The minimum absolute atomic E-state index is 0.0641. The number of rotatable bonds is 5. The van der Waals surface area contributed by atoms with Crippen LogP contribution < -0.4 is 9.47 Å². The molecule has 1 amide bonds. The number of ether oxygens (including phenoxy) is 2. The first-order chi connectivity index (χ1) is 13.4. The van der Waals surface area contributed by atoms with Crippen molar-refractivity contribution in [1.82, 2.24) is 9.80 Å². The predicted octanol–water partition coefficient (Wildman–Crippen LogP) is 3.55. The van der Waals surface area contributed by atoms with Crippen molar-refractivity contribution in [2.45, 2.75) is 12.9 Å². The molecule has 0 aliphatic carbocycles. The van der Waals surface area contributed by atoms with Crippen LogP contribution in [0.5, 0.6) is 11.5 Å². The monoisotopic (exact) mass is 394 g/mol. The highest BCUT2D eigenvalue weighted by molar-refractivity contribution is 5.97. The molecule has 5 nitrogen and oxygen atoms in total. The maximum atomic E-state index is 12.7. The lowest BCUT2D eigenvalue weighted by atomic mass is 10.1. The van der Waals surface area contributed by atoms with Gasteiger partial charge in [-0.25, -0.2) is 0 Å². The molecule has 1 aliphatic rings. The van der Waals surface area contributed by atoms with E-state index in [1.807, 2.05) is 6.07 Å². The summed E-state index contributed by atoms with van der Waals surface area (Å²) in [7, 11) is 1.54. The summed E-state index contributed by atoms with van der Waals surface area (Å²) >= 11 is 0. The molecule has 1 saturated heterocycles. The summed E-state index contributed by atoms with van der Waals surface area (Å²) in [6, 6.07) is 13.0. The summed E-state index contributed by atoms with van der Waals surface area (Å²) in [6.45, 7) is 3.12. The molecule has 1 heterocycles. The minimum Gasteiger partial charge on any atom is -0.496 e. The van der Waals surface area contributed by atoms with Crippen molar-refractivity contribution in [3.8, 4) is 11.5 Å². The minimum atomic E-state index is -4.69. The molecule has 0 spiro atoms. The van der Waals surface area contributed by atoms with Crippen LogP contribution in [-0.4, -0.2) is 55.4 Å². The average Bonchev–Trinajstić information content (AvgIpc) is 2.68. The number of hydrogen-bond acceptors (Lipinski definition) is 4. The van der Waals surface area contributed by atoms with E-state index in [0.29, 0.717) is 44.0 Å². The van der Waals surface area contributed by atoms with Crippen LogP contribution in [0.2, 0.25) is 0 Å². The molecule has 3 rings (SSSR count). The highest BCUT2D eigenvalue weighted by Crippen LogP contribution is 2.24. The molecule has 1 aliphatic heterocycles. The van der Waals surface area contributed by atoms with E-state index in [0.717, 1.165) is 5.56 Å². The van der Waals surface area contributed by atoms with Gasteiger partial charge in [0, 0.05) is 32.7 Å². The summed E-state index contributed by atoms with van der Waals surface area (Å²) in [6.07, 6.45) is -4.69. The highest BCUT2D eigenvalue weighted by Gasteiger charge is 2.31. The largest absolute Gasteiger partial charge is 0.573 e. The van der Waals surface area contributed by atoms with Crippen LogP contribution >= 0.6 is 0 Å². The third kappa shape index (κ3) is 5.16. The van der Waals surface area contributed by atoms with E-state index in [1.165, 1.54) is 19.2 Å².